The predicted molar refractivity (Wildman–Crippen MR) is 115 cm³/mol. The van der Waals surface area contributed by atoms with Crippen LogP contribution in [0.1, 0.15) is 129 Å². The fourth-order valence-electron chi connectivity index (χ4n) is 5.48. The van der Waals surface area contributed by atoms with Crippen molar-refractivity contribution >= 4 is 0 Å². The van der Waals surface area contributed by atoms with Gasteiger partial charge >= 0.3 is 0 Å². The molecule has 1 heteroatoms. The number of unbranched alkanes of at least 4 members (excludes halogenated alkanes) is 7. The van der Waals surface area contributed by atoms with E-state index in [0.29, 0.717) is 6.10 Å². The lowest BCUT2D eigenvalue weighted by molar-refractivity contribution is 0.00527. The highest BCUT2D eigenvalue weighted by atomic mass is 16.5. The first-order valence-electron chi connectivity index (χ1n) is 12.4. The van der Waals surface area contributed by atoms with Crippen LogP contribution in [0.25, 0.3) is 0 Å². The highest BCUT2D eigenvalue weighted by Crippen LogP contribution is 2.41. The molecule has 0 radical (unpaired) electrons. The van der Waals surface area contributed by atoms with Crippen LogP contribution in [-0.2, 0) is 4.74 Å². The second kappa shape index (κ2) is 14.0. The van der Waals surface area contributed by atoms with Crippen LogP contribution in [0.2, 0.25) is 0 Å². The molecular formula is C25H48O. The second-order valence-corrected chi connectivity index (χ2v) is 9.45. The van der Waals surface area contributed by atoms with Crippen LogP contribution in [0, 0.1) is 17.8 Å². The van der Waals surface area contributed by atoms with Gasteiger partial charge in [-0.15, -0.1) is 0 Å². The van der Waals surface area contributed by atoms with Crippen molar-refractivity contribution in [1.82, 2.24) is 0 Å². The van der Waals surface area contributed by atoms with Crippen molar-refractivity contribution in [2.24, 2.45) is 17.8 Å². The van der Waals surface area contributed by atoms with Gasteiger partial charge in [0.05, 0.1) is 6.10 Å². The summed E-state index contributed by atoms with van der Waals surface area (Å²) in [7, 11) is 0. The Bertz CT molecular complexity index is 310. The zero-order valence-electron chi connectivity index (χ0n) is 18.2. The van der Waals surface area contributed by atoms with Gasteiger partial charge in [-0.25, -0.2) is 0 Å². The summed E-state index contributed by atoms with van der Waals surface area (Å²) in [5.41, 5.74) is 0. The molecule has 2 fully saturated rings. The maximum Gasteiger partial charge on any atom is 0.0575 e. The van der Waals surface area contributed by atoms with Crippen LogP contribution in [0.5, 0.6) is 0 Å². The number of hydrogen-bond donors (Lipinski definition) is 0. The summed E-state index contributed by atoms with van der Waals surface area (Å²) in [5.74, 6) is 3.14. The maximum absolute atomic E-state index is 6.21. The maximum atomic E-state index is 6.21. The van der Waals surface area contributed by atoms with E-state index in [2.05, 4.69) is 13.8 Å². The number of ether oxygens (including phenoxy) is 1. The van der Waals surface area contributed by atoms with Crippen molar-refractivity contribution in [2.75, 3.05) is 6.61 Å². The molecule has 0 bridgehead atoms. The van der Waals surface area contributed by atoms with Gasteiger partial charge in [-0.3, -0.25) is 0 Å². The minimum atomic E-state index is 0.590. The van der Waals surface area contributed by atoms with Crippen LogP contribution < -0.4 is 0 Å². The van der Waals surface area contributed by atoms with Gasteiger partial charge in [0.1, 0.15) is 0 Å². The van der Waals surface area contributed by atoms with E-state index in [9.17, 15) is 0 Å². The summed E-state index contributed by atoms with van der Waals surface area (Å²) in [6, 6.07) is 0. The Morgan fingerprint density at radius 2 is 1.12 bits per heavy atom. The molecule has 0 spiro atoms. The zero-order chi connectivity index (χ0) is 18.5. The fraction of sp³-hybridized carbons (Fsp3) is 1.00. The van der Waals surface area contributed by atoms with Gasteiger partial charge in [0.25, 0.3) is 0 Å². The third-order valence-electron chi connectivity index (χ3n) is 7.34. The summed E-state index contributed by atoms with van der Waals surface area (Å²) in [5, 5.41) is 0. The first-order valence-corrected chi connectivity index (χ1v) is 12.4. The highest BCUT2D eigenvalue weighted by Gasteiger charge is 2.30. The Morgan fingerprint density at radius 1 is 0.577 bits per heavy atom. The SMILES string of the molecule is CCCCCCCCCO[C@H]1CC[C@H](C2CCC(CCCC)CC2)CC1. The summed E-state index contributed by atoms with van der Waals surface area (Å²) < 4.78 is 6.21. The molecule has 0 atom stereocenters. The van der Waals surface area contributed by atoms with E-state index in [1.54, 1.807) is 0 Å². The first kappa shape index (κ1) is 22.3. The van der Waals surface area contributed by atoms with E-state index in [1.165, 1.54) is 116 Å². The molecule has 2 rings (SSSR count). The van der Waals surface area contributed by atoms with Gasteiger partial charge in [-0.2, -0.15) is 0 Å². The lowest BCUT2D eigenvalue weighted by Crippen LogP contribution is -2.28. The number of hydrogen-bond acceptors (Lipinski definition) is 1. The quantitative estimate of drug-likeness (QED) is 0.298. The van der Waals surface area contributed by atoms with E-state index in [-0.39, 0.29) is 0 Å². The van der Waals surface area contributed by atoms with Gasteiger partial charge < -0.3 is 4.74 Å². The lowest BCUT2D eigenvalue weighted by Gasteiger charge is -2.37. The Kier molecular flexibility index (Phi) is 12.0. The van der Waals surface area contributed by atoms with Crippen molar-refractivity contribution < 1.29 is 4.74 Å². The molecule has 2 saturated carbocycles. The van der Waals surface area contributed by atoms with Crippen molar-refractivity contribution in [3.8, 4) is 0 Å². The normalized spacial score (nSPS) is 29.8. The van der Waals surface area contributed by atoms with E-state index in [4.69, 9.17) is 4.74 Å². The zero-order valence-corrected chi connectivity index (χ0v) is 18.2. The van der Waals surface area contributed by atoms with Gasteiger partial charge in [0.2, 0.25) is 0 Å². The van der Waals surface area contributed by atoms with Crippen LogP contribution in [-0.4, -0.2) is 12.7 Å². The van der Waals surface area contributed by atoms with Crippen molar-refractivity contribution in [1.29, 1.82) is 0 Å². The Hall–Kier alpha value is -0.0400. The third-order valence-corrected chi connectivity index (χ3v) is 7.34. The Morgan fingerprint density at radius 3 is 1.73 bits per heavy atom. The van der Waals surface area contributed by atoms with Crippen molar-refractivity contribution in [2.45, 2.75) is 136 Å². The molecule has 2 aliphatic rings. The molecule has 0 aromatic rings. The van der Waals surface area contributed by atoms with Gasteiger partial charge in [0, 0.05) is 6.61 Å². The number of rotatable bonds is 13. The first-order chi connectivity index (χ1) is 12.8. The molecule has 0 unspecified atom stereocenters. The molecule has 154 valence electrons. The fourth-order valence-corrected chi connectivity index (χ4v) is 5.48. The van der Waals surface area contributed by atoms with E-state index in [0.717, 1.165) is 24.4 Å². The highest BCUT2D eigenvalue weighted by molar-refractivity contribution is 4.82. The molecule has 1 nitrogen and oxygen atoms in total. The molecule has 0 heterocycles. The molecule has 0 aliphatic heterocycles. The van der Waals surface area contributed by atoms with Gasteiger partial charge in [0.15, 0.2) is 0 Å². The van der Waals surface area contributed by atoms with E-state index < -0.39 is 0 Å². The molecular weight excluding hydrogens is 316 g/mol. The van der Waals surface area contributed by atoms with Crippen LogP contribution in [0.4, 0.5) is 0 Å². The summed E-state index contributed by atoms with van der Waals surface area (Å²) >= 11 is 0. The minimum Gasteiger partial charge on any atom is -0.378 e. The van der Waals surface area contributed by atoms with Crippen molar-refractivity contribution in [3.05, 3.63) is 0 Å². The van der Waals surface area contributed by atoms with Crippen molar-refractivity contribution in [3.63, 3.8) is 0 Å². The smallest absolute Gasteiger partial charge is 0.0575 e. The summed E-state index contributed by atoms with van der Waals surface area (Å²) in [6.07, 6.45) is 26.3. The minimum absolute atomic E-state index is 0.590. The molecule has 0 aromatic heterocycles. The Labute approximate surface area is 165 Å². The topological polar surface area (TPSA) is 9.23 Å². The average Bonchev–Trinajstić information content (AvgIpc) is 2.69. The lowest BCUT2D eigenvalue weighted by atomic mass is 9.70. The molecule has 0 aromatic carbocycles. The molecule has 0 saturated heterocycles. The molecule has 2 aliphatic carbocycles. The standard InChI is InChI=1S/C25H48O/c1-3-5-7-8-9-10-11-21-26-25-19-17-24(18-20-25)23-15-13-22(14-16-23)12-6-4-2/h22-25H,3-21H2,1-2H3/t22?,23?,24-,25-. The average molecular weight is 365 g/mol. The van der Waals surface area contributed by atoms with Crippen LogP contribution >= 0.6 is 0 Å². The predicted octanol–water partition coefficient (Wildman–Crippen LogP) is 8.31. The van der Waals surface area contributed by atoms with Gasteiger partial charge in [-0.1, -0.05) is 84.5 Å². The second-order valence-electron chi connectivity index (χ2n) is 9.45. The van der Waals surface area contributed by atoms with E-state index >= 15 is 0 Å². The van der Waals surface area contributed by atoms with Crippen LogP contribution in [0.3, 0.4) is 0 Å². The van der Waals surface area contributed by atoms with Gasteiger partial charge in [-0.05, 0) is 62.7 Å². The third kappa shape index (κ3) is 8.77. The largest absolute Gasteiger partial charge is 0.378 e. The molecule has 0 N–H and O–H groups in total. The summed E-state index contributed by atoms with van der Waals surface area (Å²) in [6.45, 7) is 5.65. The Balaban J connectivity index is 1.46. The monoisotopic (exact) mass is 364 g/mol. The molecule has 26 heavy (non-hydrogen) atoms. The van der Waals surface area contributed by atoms with E-state index in [1.807, 2.05) is 0 Å². The molecule has 0 amide bonds. The summed E-state index contributed by atoms with van der Waals surface area (Å²) in [4.78, 5) is 0. The van der Waals surface area contributed by atoms with Crippen LogP contribution in [0.15, 0.2) is 0 Å².